The predicted octanol–water partition coefficient (Wildman–Crippen LogP) is 2.35. The number of aromatic amines is 1. The van der Waals surface area contributed by atoms with Gasteiger partial charge in [-0.25, -0.2) is 26.4 Å². The predicted molar refractivity (Wildman–Crippen MR) is 110 cm³/mol. The van der Waals surface area contributed by atoms with Crippen molar-refractivity contribution < 1.29 is 26.4 Å². The molecule has 10 nitrogen and oxygen atoms in total. The molecule has 0 bridgehead atoms. The van der Waals surface area contributed by atoms with Gasteiger partial charge >= 0.3 is 6.03 Å². The molecule has 3 aromatic rings. The van der Waals surface area contributed by atoms with Crippen LogP contribution in [0.2, 0.25) is 0 Å². The number of urea groups is 1. The molecular formula is C19H18F3N7O3S. The van der Waals surface area contributed by atoms with Crippen LogP contribution in [0.4, 0.5) is 29.3 Å². The van der Waals surface area contributed by atoms with Crippen molar-refractivity contribution in [1.82, 2.24) is 24.9 Å². The highest BCUT2D eigenvalue weighted by Gasteiger charge is 2.38. The van der Waals surface area contributed by atoms with Gasteiger partial charge < -0.3 is 10.2 Å². The number of halogens is 3. The molecule has 4 heterocycles. The summed E-state index contributed by atoms with van der Waals surface area (Å²) >= 11 is 0. The fraction of sp³-hybridized carbons (Fsp3) is 0.316. The smallest absolute Gasteiger partial charge is 0.308 e. The number of nitrogens with one attached hydrogen (secondary N) is 2. The van der Waals surface area contributed by atoms with Crippen molar-refractivity contribution in [2.45, 2.75) is 25.6 Å². The average molecular weight is 481 g/mol. The Bertz CT molecular complexity index is 1300. The summed E-state index contributed by atoms with van der Waals surface area (Å²) in [7, 11) is -3.47. The zero-order valence-corrected chi connectivity index (χ0v) is 17.8. The minimum absolute atomic E-state index is 0.0281. The third-order valence-electron chi connectivity index (χ3n) is 5.71. The Morgan fingerprint density at radius 1 is 1.21 bits per heavy atom. The van der Waals surface area contributed by atoms with Gasteiger partial charge in [0.05, 0.1) is 48.2 Å². The van der Waals surface area contributed by atoms with Gasteiger partial charge in [0.25, 0.3) is 0 Å². The van der Waals surface area contributed by atoms with Gasteiger partial charge in [-0.1, -0.05) is 0 Å². The van der Waals surface area contributed by atoms with Gasteiger partial charge in [-0.3, -0.25) is 14.1 Å². The van der Waals surface area contributed by atoms with E-state index in [4.69, 9.17) is 0 Å². The molecule has 1 saturated heterocycles. The van der Waals surface area contributed by atoms with E-state index in [0.717, 1.165) is 0 Å². The third kappa shape index (κ3) is 3.69. The molecule has 2 aromatic heterocycles. The lowest BCUT2D eigenvalue weighted by Crippen LogP contribution is -2.44. The monoisotopic (exact) mass is 481 g/mol. The van der Waals surface area contributed by atoms with Crippen molar-refractivity contribution in [2.24, 2.45) is 0 Å². The second-order valence-electron chi connectivity index (χ2n) is 7.74. The zero-order valence-electron chi connectivity index (χ0n) is 17.0. The molecule has 2 amide bonds. The van der Waals surface area contributed by atoms with Crippen LogP contribution in [0, 0.1) is 17.5 Å². The first-order valence-corrected chi connectivity index (χ1v) is 11.6. The number of H-pyrrole nitrogens is 1. The van der Waals surface area contributed by atoms with Crippen LogP contribution in [-0.4, -0.2) is 51.6 Å². The number of anilines is 2. The summed E-state index contributed by atoms with van der Waals surface area (Å²) in [5, 5.41) is 13.4. The molecule has 174 valence electrons. The van der Waals surface area contributed by atoms with Crippen molar-refractivity contribution in [2.75, 3.05) is 21.9 Å². The first kappa shape index (κ1) is 21.3. The second-order valence-corrected chi connectivity index (χ2v) is 9.75. The number of fused-ring (bicyclic) bond motifs is 1. The van der Waals surface area contributed by atoms with E-state index in [1.807, 2.05) is 0 Å². The summed E-state index contributed by atoms with van der Waals surface area (Å²) < 4.78 is 68.3. The van der Waals surface area contributed by atoms with Crippen LogP contribution >= 0.6 is 0 Å². The number of sulfonamides is 1. The highest BCUT2D eigenvalue weighted by molar-refractivity contribution is 7.93. The molecule has 1 fully saturated rings. The summed E-state index contributed by atoms with van der Waals surface area (Å²) in [5.74, 6) is -4.48. The molecule has 33 heavy (non-hydrogen) atoms. The number of nitrogens with zero attached hydrogens (tertiary/aromatic N) is 5. The number of carbonyl (C=O) groups is 1. The molecule has 1 atom stereocenters. The van der Waals surface area contributed by atoms with Crippen molar-refractivity contribution in [3.05, 3.63) is 59.4 Å². The second kappa shape index (κ2) is 7.79. The van der Waals surface area contributed by atoms with E-state index in [1.54, 1.807) is 10.7 Å². The lowest BCUT2D eigenvalue weighted by Gasteiger charge is -2.36. The van der Waals surface area contributed by atoms with Crippen molar-refractivity contribution in [3.8, 4) is 0 Å². The van der Waals surface area contributed by atoms with Gasteiger partial charge in [0.15, 0.2) is 17.5 Å². The molecule has 0 saturated carbocycles. The van der Waals surface area contributed by atoms with Gasteiger partial charge in [0.2, 0.25) is 10.0 Å². The summed E-state index contributed by atoms with van der Waals surface area (Å²) in [5.41, 5.74) is 1.20. The maximum Gasteiger partial charge on any atom is 0.322 e. The molecule has 1 aromatic carbocycles. The quantitative estimate of drug-likeness (QED) is 0.557. The van der Waals surface area contributed by atoms with Crippen molar-refractivity contribution >= 4 is 27.4 Å². The molecule has 14 heteroatoms. The molecule has 0 spiro atoms. The van der Waals surface area contributed by atoms with E-state index in [-0.39, 0.29) is 24.5 Å². The molecule has 0 radical (unpaired) electrons. The number of benzene rings is 1. The number of amides is 2. The fourth-order valence-electron chi connectivity index (χ4n) is 4.13. The van der Waals surface area contributed by atoms with E-state index in [2.05, 4.69) is 20.6 Å². The molecular weight excluding hydrogens is 463 g/mol. The lowest BCUT2D eigenvalue weighted by molar-refractivity contribution is 0.152. The van der Waals surface area contributed by atoms with Gasteiger partial charge in [-0.2, -0.15) is 10.2 Å². The molecule has 5 rings (SSSR count). The van der Waals surface area contributed by atoms with Gasteiger partial charge in [0, 0.05) is 30.6 Å². The van der Waals surface area contributed by atoms with Crippen LogP contribution in [0.1, 0.15) is 23.9 Å². The summed E-state index contributed by atoms with van der Waals surface area (Å²) in [6.45, 7) is 0.458. The van der Waals surface area contributed by atoms with Crippen LogP contribution in [0.25, 0.3) is 0 Å². The Kier molecular flexibility index (Phi) is 5.03. The summed E-state index contributed by atoms with van der Waals surface area (Å²) in [4.78, 5) is 14.5. The van der Waals surface area contributed by atoms with Gasteiger partial charge in [-0.05, 0) is 12.5 Å². The fourth-order valence-corrected chi connectivity index (χ4v) is 5.70. The van der Waals surface area contributed by atoms with Crippen LogP contribution in [0.15, 0.2) is 30.6 Å². The van der Waals surface area contributed by atoms with Crippen LogP contribution in [-0.2, 0) is 23.1 Å². The molecule has 0 aliphatic carbocycles. The minimum atomic E-state index is -3.47. The SMILES string of the molecule is O=C(Nc1cc(F)c(F)c(F)c1)N1Cc2c(N3CCCS3(=O)=O)cnn2C[C@@H]1c1ccn[nH]1. The van der Waals surface area contributed by atoms with E-state index in [1.165, 1.54) is 21.6 Å². The summed E-state index contributed by atoms with van der Waals surface area (Å²) in [6, 6.07) is 1.72. The number of aromatic nitrogens is 4. The van der Waals surface area contributed by atoms with Crippen LogP contribution < -0.4 is 9.62 Å². The van der Waals surface area contributed by atoms with E-state index in [9.17, 15) is 26.4 Å². The van der Waals surface area contributed by atoms with E-state index < -0.39 is 39.5 Å². The van der Waals surface area contributed by atoms with E-state index in [0.29, 0.717) is 42.2 Å². The van der Waals surface area contributed by atoms with Crippen molar-refractivity contribution in [3.63, 3.8) is 0 Å². The van der Waals surface area contributed by atoms with Crippen LogP contribution in [0.3, 0.4) is 0 Å². The molecule has 0 unspecified atom stereocenters. The maximum atomic E-state index is 13.6. The Labute approximate surface area is 186 Å². The first-order valence-electron chi connectivity index (χ1n) is 10.0. The first-order chi connectivity index (χ1) is 15.7. The largest absolute Gasteiger partial charge is 0.322 e. The number of hydrogen-bond donors (Lipinski definition) is 2. The highest BCUT2D eigenvalue weighted by atomic mass is 32.2. The van der Waals surface area contributed by atoms with E-state index >= 15 is 0 Å². The minimum Gasteiger partial charge on any atom is -0.308 e. The number of carbonyl (C=O) groups excluding carboxylic acids is 1. The summed E-state index contributed by atoms with van der Waals surface area (Å²) in [6.07, 6.45) is 3.45. The average Bonchev–Trinajstić information content (AvgIpc) is 3.50. The highest BCUT2D eigenvalue weighted by Crippen LogP contribution is 2.35. The van der Waals surface area contributed by atoms with Crippen molar-refractivity contribution in [1.29, 1.82) is 0 Å². The maximum absolute atomic E-state index is 13.6. The number of rotatable bonds is 3. The third-order valence-corrected chi connectivity index (χ3v) is 7.57. The Morgan fingerprint density at radius 2 is 1.97 bits per heavy atom. The molecule has 2 aliphatic heterocycles. The Hall–Kier alpha value is -3.55. The topological polar surface area (TPSA) is 116 Å². The lowest BCUT2D eigenvalue weighted by atomic mass is 10.1. The standard InChI is InChI=1S/C19H18F3N7O3S/c20-12-6-11(7-13(21)18(12)22)25-19(30)27-9-17-15(29-4-1-5-33(29,31)32)8-24-28(17)10-16(27)14-2-3-23-26-14/h2-3,6-8,16H,1,4-5,9-10H2,(H,23,26)(H,25,30)/t16-/m1/s1. The number of hydrogen-bond acceptors (Lipinski definition) is 5. The van der Waals surface area contributed by atoms with Gasteiger partial charge in [-0.15, -0.1) is 0 Å². The molecule has 2 N–H and O–H groups in total. The molecule has 2 aliphatic rings. The van der Waals surface area contributed by atoms with Crippen LogP contribution in [0.5, 0.6) is 0 Å². The Balaban J connectivity index is 1.49. The zero-order chi connectivity index (χ0) is 23.3. The van der Waals surface area contributed by atoms with Gasteiger partial charge in [0.1, 0.15) is 0 Å². The Morgan fingerprint density at radius 3 is 2.61 bits per heavy atom. The normalized spacial score (nSPS) is 19.5.